The molecule has 0 radical (unpaired) electrons. The Bertz CT molecular complexity index is 530. The van der Waals surface area contributed by atoms with Crippen LogP contribution in [-0.2, 0) is 6.54 Å². The van der Waals surface area contributed by atoms with Gasteiger partial charge < -0.3 is 5.11 Å². The van der Waals surface area contributed by atoms with Crippen LogP contribution < -0.4 is 0 Å². The Labute approximate surface area is 88.5 Å². The lowest BCUT2D eigenvalue weighted by molar-refractivity contribution is 0.0591. The van der Waals surface area contributed by atoms with Crippen molar-refractivity contribution >= 4 is 10.9 Å². The molecule has 0 amide bonds. The van der Waals surface area contributed by atoms with Gasteiger partial charge in [0.05, 0.1) is 25.2 Å². The summed E-state index contributed by atoms with van der Waals surface area (Å²) in [7, 11) is 0. The Balaban J connectivity index is 2.52. The summed E-state index contributed by atoms with van der Waals surface area (Å²) in [5.74, 6) is -0.579. The summed E-state index contributed by atoms with van der Waals surface area (Å²) in [4.78, 5) is 0. The first-order valence-electron chi connectivity index (χ1n) is 5.21. The van der Waals surface area contributed by atoms with E-state index in [1.165, 1.54) is 16.8 Å². The standard InChI is InChI=1S/C11H13FN2O/c1-11(2,15)7-14-10-5-9(12)4-3-8(10)6-13-14/h3-6,15H,7H2,1-2H3/i4D. The van der Waals surface area contributed by atoms with E-state index >= 15 is 0 Å². The molecule has 0 aliphatic heterocycles. The lowest BCUT2D eigenvalue weighted by Gasteiger charge is -2.17. The number of hydrogen-bond acceptors (Lipinski definition) is 2. The fraction of sp³-hybridized carbons (Fsp3) is 0.364. The highest BCUT2D eigenvalue weighted by Crippen LogP contribution is 2.17. The topological polar surface area (TPSA) is 38.0 Å². The van der Waals surface area contributed by atoms with Crippen molar-refractivity contribution in [2.75, 3.05) is 0 Å². The number of halogens is 1. The molecule has 0 saturated heterocycles. The zero-order valence-corrected chi connectivity index (χ0v) is 8.66. The number of benzene rings is 1. The van der Waals surface area contributed by atoms with Gasteiger partial charge in [-0.2, -0.15) is 5.10 Å². The van der Waals surface area contributed by atoms with Gasteiger partial charge in [-0.05, 0) is 32.0 Å². The molecule has 1 heterocycles. The van der Waals surface area contributed by atoms with Gasteiger partial charge in [-0.1, -0.05) is 0 Å². The molecule has 15 heavy (non-hydrogen) atoms. The highest BCUT2D eigenvalue weighted by molar-refractivity contribution is 5.78. The summed E-state index contributed by atoms with van der Waals surface area (Å²) in [5.41, 5.74) is -0.315. The summed E-state index contributed by atoms with van der Waals surface area (Å²) in [6.07, 6.45) is 1.57. The van der Waals surface area contributed by atoms with E-state index in [0.29, 0.717) is 10.9 Å². The minimum absolute atomic E-state index is 0.143. The first kappa shape index (κ1) is 8.85. The number of aliphatic hydroxyl groups is 1. The maximum atomic E-state index is 13.2. The van der Waals surface area contributed by atoms with E-state index in [9.17, 15) is 9.50 Å². The molecule has 1 aromatic heterocycles. The minimum Gasteiger partial charge on any atom is -0.389 e. The predicted molar refractivity (Wildman–Crippen MR) is 56.0 cm³/mol. The van der Waals surface area contributed by atoms with E-state index in [1.54, 1.807) is 20.0 Å². The van der Waals surface area contributed by atoms with E-state index in [-0.39, 0.29) is 12.6 Å². The van der Waals surface area contributed by atoms with Crippen LogP contribution in [0.15, 0.2) is 24.4 Å². The molecule has 0 atom stereocenters. The van der Waals surface area contributed by atoms with Crippen molar-refractivity contribution in [1.82, 2.24) is 9.78 Å². The summed E-state index contributed by atoms with van der Waals surface area (Å²) >= 11 is 0. The number of hydrogen-bond donors (Lipinski definition) is 1. The second-order valence-corrected chi connectivity index (χ2v) is 4.24. The zero-order valence-electron chi connectivity index (χ0n) is 9.66. The predicted octanol–water partition coefficient (Wildman–Crippen LogP) is 1.95. The Kier molecular flexibility index (Phi) is 1.95. The van der Waals surface area contributed by atoms with E-state index in [4.69, 9.17) is 1.37 Å². The highest BCUT2D eigenvalue weighted by Gasteiger charge is 2.15. The molecule has 0 aliphatic rings. The molecule has 2 rings (SSSR count). The molecule has 2 aromatic rings. The van der Waals surface area contributed by atoms with Crippen molar-refractivity contribution in [2.24, 2.45) is 0 Å². The van der Waals surface area contributed by atoms with E-state index in [1.807, 2.05) is 0 Å². The van der Waals surface area contributed by atoms with Crippen LogP contribution in [0.1, 0.15) is 15.2 Å². The van der Waals surface area contributed by atoms with Crippen LogP contribution in [-0.4, -0.2) is 20.5 Å². The van der Waals surface area contributed by atoms with Crippen LogP contribution in [0.5, 0.6) is 0 Å². The van der Waals surface area contributed by atoms with Gasteiger partial charge in [0.15, 0.2) is 0 Å². The molecular weight excluding hydrogens is 195 g/mol. The quantitative estimate of drug-likeness (QED) is 0.820. The molecule has 3 nitrogen and oxygen atoms in total. The van der Waals surface area contributed by atoms with Gasteiger partial charge in [0.25, 0.3) is 0 Å². The molecule has 1 N–H and O–H groups in total. The number of fused-ring (bicyclic) bond motifs is 1. The van der Waals surface area contributed by atoms with Gasteiger partial charge in [0.1, 0.15) is 5.82 Å². The van der Waals surface area contributed by atoms with Gasteiger partial charge >= 0.3 is 0 Å². The summed E-state index contributed by atoms with van der Waals surface area (Å²) in [6.45, 7) is 3.61. The Morgan fingerprint density at radius 2 is 2.40 bits per heavy atom. The molecule has 0 bridgehead atoms. The number of nitrogens with zero attached hydrogens (tertiary/aromatic N) is 2. The Morgan fingerprint density at radius 1 is 1.67 bits per heavy atom. The normalized spacial score (nSPS) is 13.2. The van der Waals surface area contributed by atoms with E-state index < -0.39 is 11.4 Å². The van der Waals surface area contributed by atoms with Gasteiger partial charge in [0.2, 0.25) is 0 Å². The van der Waals surface area contributed by atoms with Crippen LogP contribution in [0.2, 0.25) is 0 Å². The molecule has 0 fully saturated rings. The molecule has 1 aromatic carbocycles. The van der Waals surface area contributed by atoms with Crippen molar-refractivity contribution in [1.29, 1.82) is 0 Å². The van der Waals surface area contributed by atoms with Crippen molar-refractivity contribution in [3.05, 3.63) is 30.2 Å². The number of rotatable bonds is 2. The van der Waals surface area contributed by atoms with Crippen LogP contribution in [0.3, 0.4) is 0 Å². The van der Waals surface area contributed by atoms with Gasteiger partial charge in [-0.15, -0.1) is 0 Å². The van der Waals surface area contributed by atoms with Gasteiger partial charge in [0, 0.05) is 5.39 Å². The third kappa shape index (κ3) is 2.15. The van der Waals surface area contributed by atoms with Crippen molar-refractivity contribution in [2.45, 2.75) is 26.0 Å². The average Bonchev–Trinajstić information content (AvgIpc) is 2.47. The smallest absolute Gasteiger partial charge is 0.125 e. The van der Waals surface area contributed by atoms with Crippen LogP contribution in [0.25, 0.3) is 10.9 Å². The second-order valence-electron chi connectivity index (χ2n) is 4.24. The third-order valence-corrected chi connectivity index (χ3v) is 2.08. The summed E-state index contributed by atoms with van der Waals surface area (Å²) in [5, 5.41) is 14.5. The van der Waals surface area contributed by atoms with Crippen molar-refractivity contribution in [3.63, 3.8) is 0 Å². The molecule has 0 unspecified atom stereocenters. The zero-order chi connectivity index (χ0) is 11.9. The van der Waals surface area contributed by atoms with Crippen molar-refractivity contribution < 1.29 is 10.9 Å². The van der Waals surface area contributed by atoms with Crippen LogP contribution in [0, 0.1) is 5.82 Å². The van der Waals surface area contributed by atoms with Crippen LogP contribution >= 0.6 is 0 Å². The van der Waals surface area contributed by atoms with Crippen LogP contribution in [0.4, 0.5) is 4.39 Å². The van der Waals surface area contributed by atoms with Gasteiger partial charge in [-0.3, -0.25) is 4.68 Å². The molecule has 80 valence electrons. The molecule has 0 aliphatic carbocycles. The van der Waals surface area contributed by atoms with Gasteiger partial charge in [-0.25, -0.2) is 4.39 Å². The molecular formula is C11H13FN2O. The fourth-order valence-corrected chi connectivity index (χ4v) is 1.48. The molecule has 0 spiro atoms. The largest absolute Gasteiger partial charge is 0.389 e. The van der Waals surface area contributed by atoms with E-state index in [2.05, 4.69) is 5.10 Å². The lowest BCUT2D eigenvalue weighted by Crippen LogP contribution is -2.26. The molecule has 0 saturated carbocycles. The summed E-state index contributed by atoms with van der Waals surface area (Å²) < 4.78 is 22.1. The SMILES string of the molecule is [2H]c1cc2cnn(CC(C)(C)O)c2cc1F. The molecule has 4 heteroatoms. The maximum absolute atomic E-state index is 13.2. The summed E-state index contributed by atoms with van der Waals surface area (Å²) in [6, 6.07) is 2.56. The Morgan fingerprint density at radius 3 is 3.07 bits per heavy atom. The second kappa shape index (κ2) is 3.31. The lowest BCUT2D eigenvalue weighted by atomic mass is 10.1. The maximum Gasteiger partial charge on any atom is 0.125 e. The first-order valence-corrected chi connectivity index (χ1v) is 4.71. The monoisotopic (exact) mass is 209 g/mol. The average molecular weight is 209 g/mol. The third-order valence-electron chi connectivity index (χ3n) is 2.08. The van der Waals surface area contributed by atoms with Crippen molar-refractivity contribution in [3.8, 4) is 0 Å². The first-order chi connectivity index (χ1) is 7.37. The minimum atomic E-state index is -0.908. The highest BCUT2D eigenvalue weighted by atomic mass is 19.1. The Hall–Kier alpha value is -1.42. The fourth-order valence-electron chi connectivity index (χ4n) is 1.48. The number of aromatic nitrogens is 2. The van der Waals surface area contributed by atoms with E-state index in [0.717, 1.165) is 0 Å².